The predicted octanol–water partition coefficient (Wildman–Crippen LogP) is 1.36. The van der Waals surface area contributed by atoms with Gasteiger partial charge >= 0.3 is 0 Å². The normalized spacial score (nSPS) is 31.6. The minimum absolute atomic E-state index is 0.0523. The zero-order chi connectivity index (χ0) is 11.9. The molecule has 1 rings (SSSR count). The first kappa shape index (κ1) is 12.6. The Balaban J connectivity index is 2.80. The fourth-order valence-corrected chi connectivity index (χ4v) is 2.40. The minimum Gasteiger partial charge on any atom is -0.297 e. The number of rotatable bonds is 2. The van der Waals surface area contributed by atoms with Gasteiger partial charge in [0.2, 0.25) is 0 Å². The summed E-state index contributed by atoms with van der Waals surface area (Å²) in [4.78, 5) is 11.6. The molecule has 1 aliphatic rings. The van der Waals surface area contributed by atoms with Crippen molar-refractivity contribution in [2.24, 2.45) is 11.3 Å². The highest BCUT2D eigenvalue weighted by molar-refractivity contribution is 7.86. The lowest BCUT2D eigenvalue weighted by Crippen LogP contribution is -2.41. The van der Waals surface area contributed by atoms with Gasteiger partial charge in [0, 0.05) is 6.42 Å². The van der Waals surface area contributed by atoms with E-state index in [9.17, 15) is 13.2 Å². The summed E-state index contributed by atoms with van der Waals surface area (Å²) in [5, 5.41) is 0. The smallest absolute Gasteiger partial charge is 0.265 e. The lowest BCUT2D eigenvalue weighted by molar-refractivity contribution is -0.133. The Morgan fingerprint density at radius 1 is 1.40 bits per heavy atom. The highest BCUT2D eigenvalue weighted by Gasteiger charge is 2.40. The van der Waals surface area contributed by atoms with Crippen molar-refractivity contribution in [1.82, 2.24) is 0 Å². The second-order valence-corrected chi connectivity index (χ2v) is 6.65. The van der Waals surface area contributed by atoms with Gasteiger partial charge in [-0.2, -0.15) is 8.42 Å². The maximum atomic E-state index is 11.6. The molecule has 0 aliphatic heterocycles. The Morgan fingerprint density at radius 3 is 2.40 bits per heavy atom. The van der Waals surface area contributed by atoms with E-state index in [4.69, 9.17) is 4.18 Å². The molecule has 5 heteroatoms. The van der Waals surface area contributed by atoms with Crippen LogP contribution in [0.2, 0.25) is 0 Å². The van der Waals surface area contributed by atoms with Crippen LogP contribution < -0.4 is 0 Å². The average Bonchev–Trinajstić information content (AvgIpc) is 1.97. The van der Waals surface area contributed by atoms with Crippen LogP contribution in [0.5, 0.6) is 0 Å². The van der Waals surface area contributed by atoms with Gasteiger partial charge in [-0.3, -0.25) is 8.98 Å². The van der Waals surface area contributed by atoms with Crippen LogP contribution in [-0.4, -0.2) is 26.6 Å². The van der Waals surface area contributed by atoms with Crippen LogP contribution in [0.1, 0.15) is 33.6 Å². The summed E-state index contributed by atoms with van der Waals surface area (Å²) in [6.45, 7) is 6.07. The molecule has 0 aromatic heterocycles. The van der Waals surface area contributed by atoms with Crippen LogP contribution in [0.4, 0.5) is 0 Å². The summed E-state index contributed by atoms with van der Waals surface area (Å²) in [5.74, 6) is 0.164. The Bertz CT molecular complexity index is 356. The van der Waals surface area contributed by atoms with Gasteiger partial charge in [0.1, 0.15) is 6.10 Å². The fourth-order valence-electron chi connectivity index (χ4n) is 1.80. The van der Waals surface area contributed by atoms with Gasteiger partial charge in [-0.15, -0.1) is 0 Å². The lowest BCUT2D eigenvalue weighted by atomic mass is 9.68. The molecule has 0 N–H and O–H groups in total. The molecule has 0 saturated heterocycles. The topological polar surface area (TPSA) is 60.4 Å². The van der Waals surface area contributed by atoms with Gasteiger partial charge in [-0.05, 0) is 17.8 Å². The molecule has 88 valence electrons. The van der Waals surface area contributed by atoms with Gasteiger partial charge in [-0.25, -0.2) is 0 Å². The fraction of sp³-hybridized carbons (Fsp3) is 0.900. The second kappa shape index (κ2) is 3.87. The summed E-state index contributed by atoms with van der Waals surface area (Å²) < 4.78 is 26.7. The standard InChI is InChI=1S/C10H18O4S/c1-7-5-8(11)9(6-10(7,2)3)14-15(4,12)13/h7,9H,5-6H2,1-4H3/t7-,9-/m0/s1. The Kier molecular flexibility index (Phi) is 3.26. The first-order valence-electron chi connectivity index (χ1n) is 5.03. The van der Waals surface area contributed by atoms with Crippen LogP contribution in [0.3, 0.4) is 0 Å². The summed E-state index contributed by atoms with van der Waals surface area (Å²) in [6.07, 6.45) is 1.06. The van der Waals surface area contributed by atoms with Crippen LogP contribution in [-0.2, 0) is 19.1 Å². The molecule has 0 aromatic carbocycles. The molecule has 0 radical (unpaired) electrons. The maximum Gasteiger partial charge on any atom is 0.265 e. The number of carbonyl (C=O) groups excluding carboxylic acids is 1. The average molecular weight is 234 g/mol. The van der Waals surface area contributed by atoms with E-state index >= 15 is 0 Å². The molecule has 0 heterocycles. The van der Waals surface area contributed by atoms with Crippen molar-refractivity contribution in [2.75, 3.05) is 6.26 Å². The monoisotopic (exact) mass is 234 g/mol. The van der Waals surface area contributed by atoms with Crippen LogP contribution in [0, 0.1) is 11.3 Å². The second-order valence-electron chi connectivity index (χ2n) is 5.05. The molecule has 1 fully saturated rings. The first-order chi connectivity index (χ1) is 6.62. The van der Waals surface area contributed by atoms with Gasteiger partial charge < -0.3 is 0 Å². The third-order valence-electron chi connectivity index (χ3n) is 3.20. The number of ketones is 1. The molecular weight excluding hydrogens is 216 g/mol. The third-order valence-corrected chi connectivity index (χ3v) is 3.78. The summed E-state index contributed by atoms with van der Waals surface area (Å²) in [7, 11) is -3.55. The van der Waals surface area contributed by atoms with Crippen molar-refractivity contribution in [3.05, 3.63) is 0 Å². The zero-order valence-corrected chi connectivity index (χ0v) is 10.4. The van der Waals surface area contributed by atoms with E-state index in [0.29, 0.717) is 12.8 Å². The Morgan fingerprint density at radius 2 is 1.93 bits per heavy atom. The minimum atomic E-state index is -3.55. The van der Waals surface area contributed by atoms with Crippen molar-refractivity contribution >= 4 is 15.9 Å². The lowest BCUT2D eigenvalue weighted by Gasteiger charge is -2.38. The number of carbonyl (C=O) groups is 1. The Labute approximate surface area is 91.1 Å². The molecule has 0 bridgehead atoms. The van der Waals surface area contributed by atoms with Crippen molar-refractivity contribution in [2.45, 2.75) is 39.7 Å². The summed E-state index contributed by atoms with van der Waals surface area (Å²) >= 11 is 0. The molecule has 4 nitrogen and oxygen atoms in total. The molecule has 0 aromatic rings. The molecule has 1 aliphatic carbocycles. The molecule has 0 spiro atoms. The maximum absolute atomic E-state index is 11.6. The number of Topliss-reactive ketones (excluding diaryl/α,β-unsaturated/α-hetero) is 1. The van der Waals surface area contributed by atoms with Crippen LogP contribution in [0.25, 0.3) is 0 Å². The summed E-state index contributed by atoms with van der Waals surface area (Å²) in [6, 6.07) is 0. The third kappa shape index (κ3) is 3.28. The van der Waals surface area contributed by atoms with Gasteiger partial charge in [0.25, 0.3) is 10.1 Å². The van der Waals surface area contributed by atoms with Crippen LogP contribution in [0.15, 0.2) is 0 Å². The number of hydrogen-bond donors (Lipinski definition) is 0. The van der Waals surface area contributed by atoms with Crippen molar-refractivity contribution in [3.8, 4) is 0 Å². The van der Waals surface area contributed by atoms with E-state index in [1.165, 1.54) is 0 Å². The van der Waals surface area contributed by atoms with Crippen molar-refractivity contribution < 1.29 is 17.4 Å². The zero-order valence-electron chi connectivity index (χ0n) is 9.61. The molecule has 0 unspecified atom stereocenters. The van der Waals surface area contributed by atoms with E-state index in [1.807, 2.05) is 20.8 Å². The molecular formula is C10H18O4S. The molecule has 15 heavy (non-hydrogen) atoms. The largest absolute Gasteiger partial charge is 0.297 e. The van der Waals surface area contributed by atoms with E-state index in [0.717, 1.165) is 6.26 Å². The predicted molar refractivity (Wildman–Crippen MR) is 56.9 cm³/mol. The summed E-state index contributed by atoms with van der Waals surface area (Å²) in [5.41, 5.74) is -0.0523. The quantitative estimate of drug-likeness (QED) is 0.677. The van der Waals surface area contributed by atoms with E-state index in [1.54, 1.807) is 0 Å². The van der Waals surface area contributed by atoms with Gasteiger partial charge in [-0.1, -0.05) is 20.8 Å². The highest BCUT2D eigenvalue weighted by atomic mass is 32.2. The van der Waals surface area contributed by atoms with Gasteiger partial charge in [0.15, 0.2) is 5.78 Å². The van der Waals surface area contributed by atoms with Gasteiger partial charge in [0.05, 0.1) is 6.26 Å². The first-order valence-corrected chi connectivity index (χ1v) is 6.84. The van der Waals surface area contributed by atoms with E-state index in [2.05, 4.69) is 0 Å². The highest BCUT2D eigenvalue weighted by Crippen LogP contribution is 2.40. The molecule has 2 atom stereocenters. The number of hydrogen-bond acceptors (Lipinski definition) is 4. The van der Waals surface area contributed by atoms with E-state index < -0.39 is 16.2 Å². The molecule has 1 saturated carbocycles. The molecule has 0 amide bonds. The van der Waals surface area contributed by atoms with E-state index in [-0.39, 0.29) is 17.1 Å². The van der Waals surface area contributed by atoms with Crippen LogP contribution >= 0.6 is 0 Å². The Hall–Kier alpha value is -0.420. The van der Waals surface area contributed by atoms with Crippen molar-refractivity contribution in [1.29, 1.82) is 0 Å². The van der Waals surface area contributed by atoms with Crippen molar-refractivity contribution in [3.63, 3.8) is 0 Å². The SMILES string of the molecule is C[C@H]1CC(=O)[C@@H](OS(C)(=O)=O)CC1(C)C.